The topological polar surface area (TPSA) is 117 Å². The highest BCUT2D eigenvalue weighted by atomic mass is 32.2. The lowest BCUT2D eigenvalue weighted by atomic mass is 10.2. The molecule has 0 aromatic heterocycles. The number of para-hydroxylation sites is 1. The summed E-state index contributed by atoms with van der Waals surface area (Å²) >= 11 is 0. The van der Waals surface area contributed by atoms with E-state index in [1.54, 1.807) is 54.6 Å². The number of nitrogens with one attached hydrogen (secondary N) is 2. The van der Waals surface area contributed by atoms with Crippen LogP contribution in [0.15, 0.2) is 90.0 Å². The fourth-order valence-corrected chi connectivity index (χ4v) is 4.47. The SMILES string of the molecule is C[C@H](C(=O)N/N=C\c1ccc(OCC(=O)NCc2ccccc2)cc1)N(c1ccccc1)S(C)(=O)=O. The van der Waals surface area contributed by atoms with Crippen LogP contribution in [0.25, 0.3) is 0 Å². The second kappa shape index (κ2) is 12.5. The first kappa shape index (κ1) is 26.4. The predicted octanol–water partition coefficient (Wildman–Crippen LogP) is 2.69. The van der Waals surface area contributed by atoms with Crippen LogP contribution in [-0.4, -0.2) is 45.4 Å². The summed E-state index contributed by atoms with van der Waals surface area (Å²) in [7, 11) is -3.70. The molecule has 0 unspecified atom stereocenters. The lowest BCUT2D eigenvalue weighted by molar-refractivity contribution is -0.123. The molecule has 2 amide bonds. The molecule has 0 fully saturated rings. The molecular weight excluding hydrogens is 480 g/mol. The number of carbonyl (C=O) groups is 2. The van der Waals surface area contributed by atoms with Crippen LogP contribution >= 0.6 is 0 Å². The van der Waals surface area contributed by atoms with Gasteiger partial charge in [-0.1, -0.05) is 48.5 Å². The van der Waals surface area contributed by atoms with Gasteiger partial charge in [0.25, 0.3) is 11.8 Å². The van der Waals surface area contributed by atoms with Crippen molar-refractivity contribution in [2.75, 3.05) is 17.2 Å². The van der Waals surface area contributed by atoms with Crippen LogP contribution in [0.1, 0.15) is 18.1 Å². The third-order valence-electron chi connectivity index (χ3n) is 5.07. The maximum absolute atomic E-state index is 12.6. The van der Waals surface area contributed by atoms with Crippen molar-refractivity contribution in [3.63, 3.8) is 0 Å². The van der Waals surface area contributed by atoms with E-state index in [0.717, 1.165) is 16.1 Å². The van der Waals surface area contributed by atoms with E-state index in [-0.39, 0.29) is 12.5 Å². The molecular formula is C26H28N4O5S. The zero-order valence-electron chi connectivity index (χ0n) is 20.0. The number of benzene rings is 3. The van der Waals surface area contributed by atoms with Crippen molar-refractivity contribution in [3.8, 4) is 5.75 Å². The molecule has 0 bridgehead atoms. The molecule has 10 heteroatoms. The number of amides is 2. The number of sulfonamides is 1. The summed E-state index contributed by atoms with van der Waals surface area (Å²) in [5.74, 6) is -0.312. The van der Waals surface area contributed by atoms with Crippen LogP contribution < -0.4 is 19.8 Å². The van der Waals surface area contributed by atoms with Crippen LogP contribution in [0.5, 0.6) is 5.75 Å². The van der Waals surface area contributed by atoms with Gasteiger partial charge in [-0.3, -0.25) is 13.9 Å². The van der Waals surface area contributed by atoms with E-state index in [1.807, 2.05) is 30.3 Å². The zero-order valence-corrected chi connectivity index (χ0v) is 20.8. The summed E-state index contributed by atoms with van der Waals surface area (Å²) in [6, 6.07) is 23.7. The van der Waals surface area contributed by atoms with Crippen LogP contribution in [0.2, 0.25) is 0 Å². The Morgan fingerprint density at radius 1 is 0.972 bits per heavy atom. The van der Waals surface area contributed by atoms with Crippen molar-refractivity contribution in [2.24, 2.45) is 5.10 Å². The monoisotopic (exact) mass is 508 g/mol. The summed E-state index contributed by atoms with van der Waals surface area (Å²) < 4.78 is 31.1. The third-order valence-corrected chi connectivity index (χ3v) is 6.31. The van der Waals surface area contributed by atoms with Crippen molar-refractivity contribution in [2.45, 2.75) is 19.5 Å². The number of hydrogen-bond acceptors (Lipinski definition) is 6. The van der Waals surface area contributed by atoms with Crippen LogP contribution in [-0.2, 0) is 26.2 Å². The first-order valence-corrected chi connectivity index (χ1v) is 13.0. The Labute approximate surface area is 210 Å². The molecule has 188 valence electrons. The molecule has 0 aliphatic carbocycles. The quantitative estimate of drug-likeness (QED) is 0.305. The van der Waals surface area contributed by atoms with Gasteiger partial charge in [-0.25, -0.2) is 13.8 Å². The Balaban J connectivity index is 1.49. The second-order valence-electron chi connectivity index (χ2n) is 7.92. The minimum atomic E-state index is -3.70. The van der Waals surface area contributed by atoms with E-state index >= 15 is 0 Å². The average Bonchev–Trinajstić information content (AvgIpc) is 2.87. The van der Waals surface area contributed by atoms with E-state index in [0.29, 0.717) is 23.5 Å². The largest absolute Gasteiger partial charge is 0.484 e. The number of ether oxygens (including phenoxy) is 1. The van der Waals surface area contributed by atoms with E-state index in [9.17, 15) is 18.0 Å². The van der Waals surface area contributed by atoms with Crippen molar-refractivity contribution < 1.29 is 22.7 Å². The molecule has 2 N–H and O–H groups in total. The first-order chi connectivity index (χ1) is 17.2. The van der Waals surface area contributed by atoms with Gasteiger partial charge in [0.1, 0.15) is 11.8 Å². The Kier molecular flexibility index (Phi) is 9.18. The van der Waals surface area contributed by atoms with Crippen LogP contribution in [0.4, 0.5) is 5.69 Å². The van der Waals surface area contributed by atoms with Gasteiger partial charge in [-0.15, -0.1) is 0 Å². The summed E-state index contributed by atoms with van der Waals surface area (Å²) in [5, 5.41) is 6.72. The summed E-state index contributed by atoms with van der Waals surface area (Å²) in [4.78, 5) is 24.5. The lowest BCUT2D eigenvalue weighted by Gasteiger charge is -2.27. The Hall–Kier alpha value is -4.18. The lowest BCUT2D eigenvalue weighted by Crippen LogP contribution is -2.46. The molecule has 3 aromatic carbocycles. The molecule has 9 nitrogen and oxygen atoms in total. The van der Waals surface area contributed by atoms with E-state index in [2.05, 4.69) is 15.8 Å². The first-order valence-electron chi connectivity index (χ1n) is 11.1. The summed E-state index contributed by atoms with van der Waals surface area (Å²) in [6.07, 6.45) is 2.47. The Bertz CT molecular complexity index is 1280. The van der Waals surface area contributed by atoms with Crippen molar-refractivity contribution in [3.05, 3.63) is 96.1 Å². The maximum atomic E-state index is 12.6. The van der Waals surface area contributed by atoms with Crippen molar-refractivity contribution >= 4 is 33.7 Å². The number of rotatable bonds is 11. The molecule has 0 aliphatic heterocycles. The highest BCUT2D eigenvalue weighted by Gasteiger charge is 2.28. The van der Waals surface area contributed by atoms with Crippen LogP contribution in [0.3, 0.4) is 0 Å². The van der Waals surface area contributed by atoms with Gasteiger partial charge in [0.2, 0.25) is 10.0 Å². The number of anilines is 1. The minimum Gasteiger partial charge on any atom is -0.484 e. The van der Waals surface area contributed by atoms with Gasteiger partial charge < -0.3 is 10.1 Å². The Morgan fingerprint density at radius 3 is 2.19 bits per heavy atom. The highest BCUT2D eigenvalue weighted by Crippen LogP contribution is 2.20. The molecule has 0 saturated carbocycles. The number of nitrogens with zero attached hydrogens (tertiary/aromatic N) is 2. The number of hydrazone groups is 1. The van der Waals surface area contributed by atoms with Crippen molar-refractivity contribution in [1.29, 1.82) is 0 Å². The van der Waals surface area contributed by atoms with Crippen molar-refractivity contribution in [1.82, 2.24) is 10.7 Å². The second-order valence-corrected chi connectivity index (χ2v) is 9.78. The summed E-state index contributed by atoms with van der Waals surface area (Å²) in [5.41, 5.74) is 4.43. The van der Waals surface area contributed by atoms with Gasteiger partial charge in [-0.2, -0.15) is 5.10 Å². The fraction of sp³-hybridized carbons (Fsp3) is 0.192. The third kappa shape index (κ3) is 7.95. The standard InChI is InChI=1S/C26H28N4O5S/c1-20(30(36(2,33)34)23-11-7-4-8-12-23)26(32)29-28-18-22-13-15-24(16-14-22)35-19-25(31)27-17-21-9-5-3-6-10-21/h3-16,18,20H,17,19H2,1-2H3,(H,27,31)(H,29,32)/b28-18-/t20-/m1/s1. The van der Waals surface area contributed by atoms with Gasteiger partial charge in [0, 0.05) is 6.54 Å². The van der Waals surface area contributed by atoms with Gasteiger partial charge in [-0.05, 0) is 54.4 Å². The zero-order chi connectivity index (χ0) is 26.0. The number of carbonyl (C=O) groups excluding carboxylic acids is 2. The molecule has 3 rings (SSSR count). The molecule has 0 aliphatic rings. The molecule has 0 radical (unpaired) electrons. The molecule has 36 heavy (non-hydrogen) atoms. The van der Waals surface area contributed by atoms with E-state index in [4.69, 9.17) is 4.74 Å². The smallest absolute Gasteiger partial charge is 0.263 e. The average molecular weight is 509 g/mol. The van der Waals surface area contributed by atoms with Crippen LogP contribution in [0, 0.1) is 0 Å². The molecule has 1 atom stereocenters. The normalized spacial score (nSPS) is 12.1. The fourth-order valence-electron chi connectivity index (χ4n) is 3.29. The van der Waals surface area contributed by atoms with Gasteiger partial charge in [0.15, 0.2) is 6.61 Å². The van der Waals surface area contributed by atoms with E-state index < -0.39 is 22.0 Å². The molecule has 0 spiro atoms. The Morgan fingerprint density at radius 2 is 1.58 bits per heavy atom. The van der Waals surface area contributed by atoms with E-state index in [1.165, 1.54) is 13.1 Å². The van der Waals surface area contributed by atoms with Gasteiger partial charge in [0.05, 0.1) is 18.2 Å². The minimum absolute atomic E-state index is 0.119. The summed E-state index contributed by atoms with van der Waals surface area (Å²) in [6.45, 7) is 1.80. The van der Waals surface area contributed by atoms with Gasteiger partial charge >= 0.3 is 0 Å². The maximum Gasteiger partial charge on any atom is 0.263 e. The highest BCUT2D eigenvalue weighted by molar-refractivity contribution is 7.92. The molecule has 0 saturated heterocycles. The molecule has 3 aromatic rings. The predicted molar refractivity (Wildman–Crippen MR) is 139 cm³/mol. The molecule has 0 heterocycles. The number of hydrogen-bond donors (Lipinski definition) is 2.